The highest BCUT2D eigenvalue weighted by Crippen LogP contribution is 2.20. The van der Waals surface area contributed by atoms with Crippen LogP contribution in [0.4, 0.5) is 0 Å². The first-order chi connectivity index (χ1) is 11.3. The van der Waals surface area contributed by atoms with E-state index in [1.54, 1.807) is 6.08 Å². The van der Waals surface area contributed by atoms with E-state index in [0.717, 1.165) is 27.2 Å². The van der Waals surface area contributed by atoms with Gasteiger partial charge >= 0.3 is 0 Å². The van der Waals surface area contributed by atoms with Crippen LogP contribution in [0, 0.1) is 0 Å². The first-order valence-electron chi connectivity index (χ1n) is 7.58. The summed E-state index contributed by atoms with van der Waals surface area (Å²) in [5.41, 5.74) is 2.81. The predicted molar refractivity (Wildman–Crippen MR) is 95.6 cm³/mol. The Labute approximate surface area is 134 Å². The summed E-state index contributed by atoms with van der Waals surface area (Å²) in [6.45, 7) is 0. The quantitative estimate of drug-likeness (QED) is 0.408. The Morgan fingerprint density at radius 1 is 0.870 bits per heavy atom. The molecule has 110 valence electrons. The van der Waals surface area contributed by atoms with Crippen molar-refractivity contribution in [3.8, 4) is 0 Å². The van der Waals surface area contributed by atoms with Gasteiger partial charge in [0.25, 0.3) is 0 Å². The van der Waals surface area contributed by atoms with Gasteiger partial charge in [-0.3, -0.25) is 4.79 Å². The van der Waals surface area contributed by atoms with Gasteiger partial charge in [0.05, 0.1) is 0 Å². The standard InChI is InChI=1S/C21H15NO/c23-21(17-10-9-15-5-1-2-6-16(15)13-17)12-11-18-14-22-20-8-4-3-7-19(18)20/h1-14,22H/b12-11+. The van der Waals surface area contributed by atoms with Crippen LogP contribution >= 0.6 is 0 Å². The van der Waals surface area contributed by atoms with Crippen LogP contribution in [0.25, 0.3) is 27.8 Å². The molecule has 0 saturated heterocycles. The van der Waals surface area contributed by atoms with Crippen molar-refractivity contribution in [2.45, 2.75) is 0 Å². The number of hydrogen-bond donors (Lipinski definition) is 1. The molecule has 0 fully saturated rings. The lowest BCUT2D eigenvalue weighted by Gasteiger charge is -2.00. The largest absolute Gasteiger partial charge is 0.361 e. The second-order valence-electron chi connectivity index (χ2n) is 5.55. The maximum atomic E-state index is 12.4. The lowest BCUT2D eigenvalue weighted by Crippen LogP contribution is -1.93. The smallest absolute Gasteiger partial charge is 0.185 e. The fourth-order valence-electron chi connectivity index (χ4n) is 2.84. The first kappa shape index (κ1) is 13.5. The van der Waals surface area contributed by atoms with Crippen molar-refractivity contribution >= 4 is 33.5 Å². The van der Waals surface area contributed by atoms with Gasteiger partial charge in [0, 0.05) is 22.7 Å². The number of H-pyrrole nitrogens is 1. The van der Waals surface area contributed by atoms with E-state index in [4.69, 9.17) is 0 Å². The van der Waals surface area contributed by atoms with Crippen molar-refractivity contribution in [2.24, 2.45) is 0 Å². The number of rotatable bonds is 3. The Bertz CT molecular complexity index is 1040. The lowest BCUT2D eigenvalue weighted by atomic mass is 10.0. The fraction of sp³-hybridized carbons (Fsp3) is 0. The zero-order valence-electron chi connectivity index (χ0n) is 12.5. The van der Waals surface area contributed by atoms with Crippen LogP contribution in [-0.4, -0.2) is 10.8 Å². The third-order valence-electron chi connectivity index (χ3n) is 4.07. The molecule has 0 saturated carbocycles. The van der Waals surface area contributed by atoms with E-state index in [0.29, 0.717) is 5.56 Å². The van der Waals surface area contributed by atoms with Gasteiger partial charge in [-0.2, -0.15) is 0 Å². The molecule has 4 aromatic rings. The van der Waals surface area contributed by atoms with Crippen LogP contribution in [0.5, 0.6) is 0 Å². The predicted octanol–water partition coefficient (Wildman–Crippen LogP) is 5.22. The third-order valence-corrected chi connectivity index (χ3v) is 4.07. The summed E-state index contributed by atoms with van der Waals surface area (Å²) in [6, 6.07) is 21.9. The number of para-hydroxylation sites is 1. The van der Waals surface area contributed by atoms with E-state index < -0.39 is 0 Å². The highest BCUT2D eigenvalue weighted by molar-refractivity contribution is 6.09. The summed E-state index contributed by atoms with van der Waals surface area (Å²) in [4.78, 5) is 15.6. The van der Waals surface area contributed by atoms with Crippen molar-refractivity contribution in [3.63, 3.8) is 0 Å². The number of nitrogens with one attached hydrogen (secondary N) is 1. The highest BCUT2D eigenvalue weighted by Gasteiger charge is 2.04. The average Bonchev–Trinajstić information content (AvgIpc) is 3.02. The van der Waals surface area contributed by atoms with Gasteiger partial charge in [0.2, 0.25) is 0 Å². The second-order valence-corrected chi connectivity index (χ2v) is 5.55. The number of allylic oxidation sites excluding steroid dienone is 1. The minimum atomic E-state index is 0.0148. The molecular formula is C21H15NO. The van der Waals surface area contributed by atoms with E-state index in [2.05, 4.69) is 4.98 Å². The van der Waals surface area contributed by atoms with E-state index in [1.165, 1.54) is 0 Å². The molecule has 0 atom stereocenters. The lowest BCUT2D eigenvalue weighted by molar-refractivity contribution is 0.104. The molecule has 0 spiro atoms. The Kier molecular flexibility index (Phi) is 3.28. The number of aromatic amines is 1. The van der Waals surface area contributed by atoms with Crippen molar-refractivity contribution in [3.05, 3.63) is 90.1 Å². The monoisotopic (exact) mass is 297 g/mol. The van der Waals surface area contributed by atoms with Crippen LogP contribution in [0.1, 0.15) is 15.9 Å². The maximum absolute atomic E-state index is 12.4. The number of carbonyl (C=O) groups excluding carboxylic acids is 1. The number of hydrogen-bond acceptors (Lipinski definition) is 1. The number of ketones is 1. The van der Waals surface area contributed by atoms with Crippen molar-refractivity contribution in [1.82, 2.24) is 4.98 Å². The summed E-state index contributed by atoms with van der Waals surface area (Å²) in [7, 11) is 0. The van der Waals surface area contributed by atoms with Crippen LogP contribution in [0.3, 0.4) is 0 Å². The normalized spacial score (nSPS) is 11.5. The zero-order valence-corrected chi connectivity index (χ0v) is 12.5. The topological polar surface area (TPSA) is 32.9 Å². The Hall–Kier alpha value is -3.13. The number of fused-ring (bicyclic) bond motifs is 2. The van der Waals surface area contributed by atoms with Crippen LogP contribution in [-0.2, 0) is 0 Å². The molecule has 0 bridgehead atoms. The van der Waals surface area contributed by atoms with Crippen LogP contribution in [0.15, 0.2) is 79.0 Å². The molecule has 0 radical (unpaired) electrons. The zero-order chi connectivity index (χ0) is 15.6. The van der Waals surface area contributed by atoms with Gasteiger partial charge in [-0.05, 0) is 40.6 Å². The van der Waals surface area contributed by atoms with Crippen LogP contribution < -0.4 is 0 Å². The molecule has 0 aliphatic heterocycles. The molecule has 3 aromatic carbocycles. The molecule has 1 aromatic heterocycles. The third kappa shape index (κ3) is 2.55. The number of benzene rings is 3. The minimum absolute atomic E-state index is 0.0148. The average molecular weight is 297 g/mol. The summed E-state index contributed by atoms with van der Waals surface area (Å²) >= 11 is 0. The van der Waals surface area contributed by atoms with Crippen molar-refractivity contribution in [2.75, 3.05) is 0 Å². The molecule has 0 amide bonds. The highest BCUT2D eigenvalue weighted by atomic mass is 16.1. The SMILES string of the molecule is O=C(/C=C/c1c[nH]c2ccccc12)c1ccc2ccccc2c1. The summed E-state index contributed by atoms with van der Waals surface area (Å²) in [6.07, 6.45) is 5.44. The molecule has 2 nitrogen and oxygen atoms in total. The van der Waals surface area contributed by atoms with E-state index in [-0.39, 0.29) is 5.78 Å². The molecule has 0 aliphatic rings. The molecule has 2 heteroatoms. The van der Waals surface area contributed by atoms with Crippen LogP contribution in [0.2, 0.25) is 0 Å². The van der Waals surface area contributed by atoms with Gasteiger partial charge in [-0.15, -0.1) is 0 Å². The van der Waals surface area contributed by atoms with Gasteiger partial charge in [-0.25, -0.2) is 0 Å². The molecular weight excluding hydrogens is 282 g/mol. The van der Waals surface area contributed by atoms with Gasteiger partial charge < -0.3 is 4.98 Å². The van der Waals surface area contributed by atoms with Crippen molar-refractivity contribution < 1.29 is 4.79 Å². The molecule has 1 heterocycles. The number of aromatic nitrogens is 1. The summed E-state index contributed by atoms with van der Waals surface area (Å²) < 4.78 is 0. The van der Waals surface area contributed by atoms with Gasteiger partial charge in [0.1, 0.15) is 0 Å². The second kappa shape index (κ2) is 5.58. The molecule has 4 rings (SSSR count). The summed E-state index contributed by atoms with van der Waals surface area (Å²) in [5.74, 6) is 0.0148. The van der Waals surface area contributed by atoms with Crippen molar-refractivity contribution in [1.29, 1.82) is 0 Å². The Morgan fingerprint density at radius 3 is 2.57 bits per heavy atom. The van der Waals surface area contributed by atoms with Gasteiger partial charge in [0.15, 0.2) is 5.78 Å². The Balaban J connectivity index is 1.65. The first-order valence-corrected chi connectivity index (χ1v) is 7.58. The van der Waals surface area contributed by atoms with E-state index in [1.807, 2.05) is 79.0 Å². The summed E-state index contributed by atoms with van der Waals surface area (Å²) in [5, 5.41) is 3.35. The maximum Gasteiger partial charge on any atom is 0.185 e. The molecule has 0 aliphatic carbocycles. The van der Waals surface area contributed by atoms with E-state index >= 15 is 0 Å². The Morgan fingerprint density at radius 2 is 1.65 bits per heavy atom. The molecule has 23 heavy (non-hydrogen) atoms. The number of carbonyl (C=O) groups is 1. The van der Waals surface area contributed by atoms with Gasteiger partial charge in [-0.1, -0.05) is 54.6 Å². The molecule has 0 unspecified atom stereocenters. The fourth-order valence-corrected chi connectivity index (χ4v) is 2.84. The van der Waals surface area contributed by atoms with E-state index in [9.17, 15) is 4.79 Å². The molecule has 1 N–H and O–H groups in total. The minimum Gasteiger partial charge on any atom is -0.361 e.